The van der Waals surface area contributed by atoms with Crippen LogP contribution >= 0.6 is 11.6 Å². The predicted molar refractivity (Wildman–Crippen MR) is 138 cm³/mol. The molecule has 4 rings (SSSR count). The molecule has 0 aliphatic heterocycles. The first kappa shape index (κ1) is 24.2. The Kier molecular flexibility index (Phi) is 7.32. The summed E-state index contributed by atoms with van der Waals surface area (Å²) in [6.07, 6.45) is 3.25. The van der Waals surface area contributed by atoms with Gasteiger partial charge in [-0.3, -0.25) is 4.79 Å². The molecule has 1 heterocycles. The van der Waals surface area contributed by atoms with E-state index in [0.717, 1.165) is 33.2 Å². The fraction of sp³-hybridized carbons (Fsp3) is 0.179. The fourth-order valence-corrected chi connectivity index (χ4v) is 4.11. The summed E-state index contributed by atoms with van der Waals surface area (Å²) < 4.78 is 22.2. The van der Waals surface area contributed by atoms with Gasteiger partial charge in [-0.15, -0.1) is 0 Å². The quantitative estimate of drug-likeness (QED) is 0.285. The van der Waals surface area contributed by atoms with Crippen molar-refractivity contribution in [1.82, 2.24) is 5.32 Å². The van der Waals surface area contributed by atoms with Crippen LogP contribution in [0, 0.1) is 0 Å². The number of hydrogen-bond acceptors (Lipinski definition) is 5. The van der Waals surface area contributed by atoms with E-state index >= 15 is 0 Å². The topological polar surface area (TPSA) is 69.9 Å². The van der Waals surface area contributed by atoms with Gasteiger partial charge in [-0.1, -0.05) is 35.9 Å². The first-order valence-electron chi connectivity index (χ1n) is 11.0. The Bertz CT molecular complexity index is 1410. The van der Waals surface area contributed by atoms with Gasteiger partial charge in [0, 0.05) is 40.2 Å². The van der Waals surface area contributed by atoms with E-state index in [9.17, 15) is 4.79 Å². The molecule has 1 N–H and O–H groups in total. The molecule has 0 fully saturated rings. The molecule has 3 aromatic carbocycles. The molecule has 0 aliphatic carbocycles. The van der Waals surface area contributed by atoms with Crippen LogP contribution in [0.25, 0.3) is 27.7 Å². The van der Waals surface area contributed by atoms with E-state index in [0.29, 0.717) is 34.4 Å². The molecule has 0 aliphatic rings. The summed E-state index contributed by atoms with van der Waals surface area (Å²) in [6.45, 7) is 2.21. The van der Waals surface area contributed by atoms with Crippen LogP contribution < -0.4 is 19.5 Å². The van der Waals surface area contributed by atoms with Crippen LogP contribution in [-0.4, -0.2) is 27.2 Å². The number of rotatable bonds is 8. The number of ether oxygens (including phenoxy) is 3. The van der Waals surface area contributed by atoms with Gasteiger partial charge >= 0.3 is 0 Å². The number of nitrogens with one attached hydrogen (secondary N) is 1. The van der Waals surface area contributed by atoms with Gasteiger partial charge in [-0.25, -0.2) is 0 Å². The van der Waals surface area contributed by atoms with Gasteiger partial charge in [-0.05, 0) is 47.9 Å². The van der Waals surface area contributed by atoms with Crippen molar-refractivity contribution >= 4 is 34.1 Å². The summed E-state index contributed by atoms with van der Waals surface area (Å²) in [4.78, 5) is 12.6. The van der Waals surface area contributed by atoms with Crippen molar-refractivity contribution in [3.05, 3.63) is 83.1 Å². The SMILES string of the molecule is COc1ccc(-c2coc3cc(OC)c(/C(C)=C/C(=O)NCc4ccccc4Cl)cc23)cc1OC. The Hall–Kier alpha value is -3.90. The highest BCUT2D eigenvalue weighted by molar-refractivity contribution is 6.31. The zero-order valence-corrected chi connectivity index (χ0v) is 20.7. The molecular weight excluding hydrogens is 466 g/mol. The van der Waals surface area contributed by atoms with E-state index in [2.05, 4.69) is 5.32 Å². The zero-order chi connectivity index (χ0) is 24.9. The maximum Gasteiger partial charge on any atom is 0.244 e. The van der Waals surface area contributed by atoms with Crippen molar-refractivity contribution in [1.29, 1.82) is 0 Å². The van der Waals surface area contributed by atoms with E-state index in [-0.39, 0.29) is 5.91 Å². The van der Waals surface area contributed by atoms with Crippen molar-refractivity contribution in [3.8, 4) is 28.4 Å². The summed E-state index contributed by atoms with van der Waals surface area (Å²) in [5.41, 5.74) is 4.87. The number of carbonyl (C=O) groups is 1. The maximum absolute atomic E-state index is 12.6. The lowest BCUT2D eigenvalue weighted by Crippen LogP contribution is -2.20. The molecule has 4 aromatic rings. The minimum Gasteiger partial charge on any atom is -0.496 e. The third kappa shape index (κ3) is 5.12. The molecule has 0 bridgehead atoms. The normalized spacial score (nSPS) is 11.4. The molecule has 0 unspecified atom stereocenters. The van der Waals surface area contributed by atoms with Gasteiger partial charge in [0.15, 0.2) is 11.5 Å². The number of halogens is 1. The first-order chi connectivity index (χ1) is 16.9. The fourth-order valence-electron chi connectivity index (χ4n) is 3.91. The van der Waals surface area contributed by atoms with E-state index in [1.807, 2.05) is 55.5 Å². The standard InChI is InChI=1S/C28H26ClNO5/c1-17(11-28(31)30-15-19-7-5-6-8-23(19)29)20-13-21-22(16-35-26(21)14-25(20)33-3)18-9-10-24(32-2)27(12-18)34-4/h5-14,16H,15H2,1-4H3,(H,30,31)/b17-11+. The van der Waals surface area contributed by atoms with Crippen LogP contribution in [0.5, 0.6) is 17.2 Å². The molecule has 0 spiro atoms. The molecule has 180 valence electrons. The number of hydrogen-bond donors (Lipinski definition) is 1. The number of benzene rings is 3. The minimum atomic E-state index is -0.225. The molecule has 1 aromatic heterocycles. The van der Waals surface area contributed by atoms with Crippen LogP contribution in [0.15, 0.2) is 71.4 Å². The average Bonchev–Trinajstić information content (AvgIpc) is 3.29. The molecule has 35 heavy (non-hydrogen) atoms. The van der Waals surface area contributed by atoms with Crippen LogP contribution in [-0.2, 0) is 11.3 Å². The molecule has 0 radical (unpaired) electrons. The summed E-state index contributed by atoms with van der Waals surface area (Å²) >= 11 is 6.19. The second-order valence-electron chi connectivity index (χ2n) is 7.90. The molecule has 0 atom stereocenters. The van der Waals surface area contributed by atoms with Crippen molar-refractivity contribution in [3.63, 3.8) is 0 Å². The lowest BCUT2D eigenvalue weighted by Gasteiger charge is -2.11. The highest BCUT2D eigenvalue weighted by Gasteiger charge is 2.16. The third-order valence-electron chi connectivity index (χ3n) is 5.77. The summed E-state index contributed by atoms with van der Waals surface area (Å²) in [7, 11) is 4.79. The number of allylic oxidation sites excluding steroid dienone is 1. The highest BCUT2D eigenvalue weighted by atomic mass is 35.5. The average molecular weight is 492 g/mol. The molecule has 6 nitrogen and oxygen atoms in total. The third-order valence-corrected chi connectivity index (χ3v) is 6.14. The smallest absolute Gasteiger partial charge is 0.244 e. The summed E-state index contributed by atoms with van der Waals surface area (Å²) in [6, 6.07) is 16.9. The summed E-state index contributed by atoms with van der Waals surface area (Å²) in [5, 5.41) is 4.39. The number of furan rings is 1. The lowest BCUT2D eigenvalue weighted by atomic mass is 9.99. The van der Waals surface area contributed by atoms with Crippen LogP contribution in [0.1, 0.15) is 18.1 Å². The Balaban J connectivity index is 1.67. The van der Waals surface area contributed by atoms with Gasteiger partial charge in [-0.2, -0.15) is 0 Å². The van der Waals surface area contributed by atoms with Crippen LogP contribution in [0.4, 0.5) is 0 Å². The van der Waals surface area contributed by atoms with Crippen LogP contribution in [0.3, 0.4) is 0 Å². The predicted octanol–water partition coefficient (Wildman–Crippen LogP) is 6.50. The Morgan fingerprint density at radius 1 is 0.971 bits per heavy atom. The lowest BCUT2D eigenvalue weighted by molar-refractivity contribution is -0.116. The largest absolute Gasteiger partial charge is 0.496 e. The van der Waals surface area contributed by atoms with E-state index in [1.165, 1.54) is 0 Å². The number of carbonyl (C=O) groups excluding carboxylic acids is 1. The second-order valence-corrected chi connectivity index (χ2v) is 8.31. The molecule has 7 heteroatoms. The van der Waals surface area contributed by atoms with Crippen molar-refractivity contribution < 1.29 is 23.4 Å². The van der Waals surface area contributed by atoms with Gasteiger partial charge in [0.05, 0.1) is 27.6 Å². The maximum atomic E-state index is 12.6. The van der Waals surface area contributed by atoms with E-state index in [1.54, 1.807) is 39.7 Å². The Labute approximate surface area is 209 Å². The van der Waals surface area contributed by atoms with Gasteiger partial charge in [0.2, 0.25) is 5.91 Å². The van der Waals surface area contributed by atoms with Crippen molar-refractivity contribution in [2.24, 2.45) is 0 Å². The van der Waals surface area contributed by atoms with Gasteiger partial charge in [0.1, 0.15) is 11.3 Å². The van der Waals surface area contributed by atoms with Gasteiger partial charge < -0.3 is 23.9 Å². The van der Waals surface area contributed by atoms with Crippen molar-refractivity contribution in [2.45, 2.75) is 13.5 Å². The van der Waals surface area contributed by atoms with E-state index < -0.39 is 0 Å². The number of fused-ring (bicyclic) bond motifs is 1. The Morgan fingerprint density at radius 3 is 2.43 bits per heavy atom. The summed E-state index contributed by atoms with van der Waals surface area (Å²) in [5.74, 6) is 1.66. The number of amides is 1. The first-order valence-corrected chi connectivity index (χ1v) is 11.3. The molecule has 0 saturated carbocycles. The monoisotopic (exact) mass is 491 g/mol. The molecule has 0 saturated heterocycles. The van der Waals surface area contributed by atoms with Crippen molar-refractivity contribution in [2.75, 3.05) is 21.3 Å². The van der Waals surface area contributed by atoms with Crippen LogP contribution in [0.2, 0.25) is 5.02 Å². The molecular formula is C28H26ClNO5. The highest BCUT2D eigenvalue weighted by Crippen LogP contribution is 2.39. The zero-order valence-electron chi connectivity index (χ0n) is 20.0. The number of methoxy groups -OCH3 is 3. The van der Waals surface area contributed by atoms with Gasteiger partial charge in [0.25, 0.3) is 0 Å². The Morgan fingerprint density at radius 2 is 1.71 bits per heavy atom. The minimum absolute atomic E-state index is 0.225. The molecule has 1 amide bonds. The van der Waals surface area contributed by atoms with E-state index in [4.69, 9.17) is 30.2 Å². The second kappa shape index (κ2) is 10.6.